The molecule has 1 saturated heterocycles. The molecule has 2 heterocycles. The molecule has 0 bridgehead atoms. The van der Waals surface area contributed by atoms with Crippen molar-refractivity contribution >= 4 is 17.5 Å². The average molecular weight is 371 g/mol. The predicted octanol–water partition coefficient (Wildman–Crippen LogP) is 4.23. The van der Waals surface area contributed by atoms with Crippen molar-refractivity contribution in [3.05, 3.63) is 59.4 Å². The van der Waals surface area contributed by atoms with Crippen molar-refractivity contribution in [3.8, 4) is 5.75 Å². The van der Waals surface area contributed by atoms with Crippen LogP contribution in [0.25, 0.3) is 0 Å². The lowest BCUT2D eigenvalue weighted by molar-refractivity contribution is -0.136. The maximum absolute atomic E-state index is 13.5. The standard InChI is InChI=1S/C21H23ClN2O2/c22-17-5-3-16(4-6-17)21(10-1-2-11-21)20(25)24-14-9-19(15-24)26-18-7-12-23-13-8-18/h3-8,12-13,19H,1-2,9-11,14-15H2/t19-/m1/s1. The van der Waals surface area contributed by atoms with Gasteiger partial charge in [-0.2, -0.15) is 0 Å². The highest BCUT2D eigenvalue weighted by Gasteiger charge is 2.46. The molecule has 2 aromatic rings. The molecule has 1 aromatic heterocycles. The van der Waals surface area contributed by atoms with E-state index in [1.807, 2.05) is 41.3 Å². The van der Waals surface area contributed by atoms with Crippen molar-refractivity contribution in [2.75, 3.05) is 13.1 Å². The second kappa shape index (κ2) is 7.28. The van der Waals surface area contributed by atoms with Gasteiger partial charge in [0.05, 0.1) is 12.0 Å². The van der Waals surface area contributed by atoms with Crippen LogP contribution in [0.4, 0.5) is 0 Å². The van der Waals surface area contributed by atoms with Gasteiger partial charge in [-0.1, -0.05) is 36.6 Å². The number of aromatic nitrogens is 1. The summed E-state index contributed by atoms with van der Waals surface area (Å²) < 4.78 is 6.02. The van der Waals surface area contributed by atoms with Crippen molar-refractivity contribution in [1.82, 2.24) is 9.88 Å². The van der Waals surface area contributed by atoms with Gasteiger partial charge in [0.2, 0.25) is 5.91 Å². The van der Waals surface area contributed by atoms with Crippen LogP contribution >= 0.6 is 11.6 Å². The summed E-state index contributed by atoms with van der Waals surface area (Å²) in [7, 11) is 0. The highest BCUT2D eigenvalue weighted by atomic mass is 35.5. The van der Waals surface area contributed by atoms with E-state index < -0.39 is 5.41 Å². The summed E-state index contributed by atoms with van der Waals surface area (Å²) in [5.41, 5.74) is 0.707. The van der Waals surface area contributed by atoms with Crippen molar-refractivity contribution < 1.29 is 9.53 Å². The smallest absolute Gasteiger partial charge is 0.233 e. The van der Waals surface area contributed by atoms with Crippen molar-refractivity contribution in [1.29, 1.82) is 0 Å². The van der Waals surface area contributed by atoms with Gasteiger partial charge in [-0.05, 0) is 42.7 Å². The molecule has 1 aromatic carbocycles. The lowest BCUT2D eigenvalue weighted by Gasteiger charge is -2.33. The third kappa shape index (κ3) is 3.30. The molecule has 0 radical (unpaired) electrons. The Hall–Kier alpha value is -2.07. The molecule has 0 unspecified atom stereocenters. The van der Waals surface area contributed by atoms with Crippen LogP contribution in [0.5, 0.6) is 5.75 Å². The number of carbonyl (C=O) groups excluding carboxylic acids is 1. The molecule has 1 amide bonds. The summed E-state index contributed by atoms with van der Waals surface area (Å²) >= 11 is 6.05. The Morgan fingerprint density at radius 2 is 1.81 bits per heavy atom. The fourth-order valence-electron chi connectivity index (χ4n) is 4.29. The zero-order valence-electron chi connectivity index (χ0n) is 14.7. The first-order valence-corrected chi connectivity index (χ1v) is 9.67. The maximum atomic E-state index is 13.5. The molecule has 1 aliphatic heterocycles. The average Bonchev–Trinajstić information content (AvgIpc) is 3.33. The van der Waals surface area contributed by atoms with E-state index in [0.29, 0.717) is 11.6 Å². The molecule has 26 heavy (non-hydrogen) atoms. The van der Waals surface area contributed by atoms with E-state index in [2.05, 4.69) is 4.98 Å². The third-order valence-electron chi connectivity index (χ3n) is 5.65. The number of halogens is 1. The van der Waals surface area contributed by atoms with Gasteiger partial charge in [0.1, 0.15) is 11.9 Å². The topological polar surface area (TPSA) is 42.4 Å². The molecule has 1 atom stereocenters. The number of nitrogens with zero attached hydrogens (tertiary/aromatic N) is 2. The Balaban J connectivity index is 1.49. The van der Waals surface area contributed by atoms with Gasteiger partial charge in [-0.25, -0.2) is 0 Å². The highest BCUT2D eigenvalue weighted by Crippen LogP contribution is 2.43. The molecule has 0 N–H and O–H groups in total. The van der Waals surface area contributed by atoms with Gasteiger partial charge in [-0.15, -0.1) is 0 Å². The summed E-state index contributed by atoms with van der Waals surface area (Å²) in [6.07, 6.45) is 8.38. The number of carbonyl (C=O) groups is 1. The predicted molar refractivity (Wildman–Crippen MR) is 101 cm³/mol. The zero-order valence-corrected chi connectivity index (χ0v) is 15.5. The lowest BCUT2D eigenvalue weighted by atomic mass is 9.77. The first-order valence-electron chi connectivity index (χ1n) is 9.29. The second-order valence-electron chi connectivity index (χ2n) is 7.26. The molecule has 1 saturated carbocycles. The van der Waals surface area contributed by atoms with E-state index in [4.69, 9.17) is 16.3 Å². The SMILES string of the molecule is O=C(N1CC[C@@H](Oc2ccncc2)C1)C1(c2ccc(Cl)cc2)CCCC1. The van der Waals surface area contributed by atoms with E-state index in [9.17, 15) is 4.79 Å². The minimum atomic E-state index is -0.393. The Bertz CT molecular complexity index is 757. The van der Waals surface area contributed by atoms with Crippen LogP contribution in [-0.2, 0) is 10.2 Å². The highest BCUT2D eigenvalue weighted by molar-refractivity contribution is 6.30. The fraction of sp³-hybridized carbons (Fsp3) is 0.429. The first kappa shape index (κ1) is 17.3. The molecule has 4 nitrogen and oxygen atoms in total. The van der Waals surface area contributed by atoms with Gasteiger partial charge in [-0.3, -0.25) is 9.78 Å². The Morgan fingerprint density at radius 1 is 1.12 bits per heavy atom. The third-order valence-corrected chi connectivity index (χ3v) is 5.90. The quantitative estimate of drug-likeness (QED) is 0.808. The molecule has 136 valence electrons. The van der Waals surface area contributed by atoms with E-state index in [-0.39, 0.29) is 12.0 Å². The molecule has 1 aliphatic carbocycles. The maximum Gasteiger partial charge on any atom is 0.233 e. The summed E-state index contributed by atoms with van der Waals surface area (Å²) in [4.78, 5) is 19.5. The number of rotatable bonds is 4. The van der Waals surface area contributed by atoms with Crippen molar-refractivity contribution in [2.24, 2.45) is 0 Å². The van der Waals surface area contributed by atoms with E-state index in [1.165, 1.54) is 0 Å². The summed E-state index contributed by atoms with van der Waals surface area (Å²) in [5, 5.41) is 0.710. The van der Waals surface area contributed by atoms with Gasteiger partial charge >= 0.3 is 0 Å². The Morgan fingerprint density at radius 3 is 2.50 bits per heavy atom. The number of benzene rings is 1. The molecule has 4 rings (SSSR count). The summed E-state index contributed by atoms with van der Waals surface area (Å²) in [6, 6.07) is 11.5. The summed E-state index contributed by atoms with van der Waals surface area (Å²) in [5.74, 6) is 1.06. The van der Waals surface area contributed by atoms with Crippen molar-refractivity contribution in [3.63, 3.8) is 0 Å². The molecule has 5 heteroatoms. The van der Waals surface area contributed by atoms with Gasteiger partial charge < -0.3 is 9.64 Å². The minimum absolute atomic E-state index is 0.0463. The van der Waals surface area contributed by atoms with Crippen LogP contribution in [0, 0.1) is 0 Å². The van der Waals surface area contributed by atoms with Crippen LogP contribution in [0.3, 0.4) is 0 Å². The molecule has 0 spiro atoms. The van der Waals surface area contributed by atoms with Crippen LogP contribution in [0.2, 0.25) is 5.02 Å². The summed E-state index contributed by atoms with van der Waals surface area (Å²) in [6.45, 7) is 1.40. The Kier molecular flexibility index (Phi) is 4.86. The van der Waals surface area contributed by atoms with Crippen LogP contribution in [-0.4, -0.2) is 35.0 Å². The van der Waals surface area contributed by atoms with Crippen LogP contribution in [0.15, 0.2) is 48.8 Å². The van der Waals surface area contributed by atoms with Gasteiger partial charge in [0.15, 0.2) is 0 Å². The van der Waals surface area contributed by atoms with Gasteiger partial charge in [0.25, 0.3) is 0 Å². The molecule has 2 aliphatic rings. The first-order chi connectivity index (χ1) is 12.7. The number of amides is 1. The molecular weight excluding hydrogens is 348 g/mol. The number of pyridine rings is 1. The zero-order chi connectivity index (χ0) is 18.0. The van der Waals surface area contributed by atoms with Crippen molar-refractivity contribution in [2.45, 2.75) is 43.6 Å². The van der Waals surface area contributed by atoms with Crippen LogP contribution < -0.4 is 4.74 Å². The molecule has 2 fully saturated rings. The van der Waals surface area contributed by atoms with Gasteiger partial charge in [0, 0.05) is 30.4 Å². The number of likely N-dealkylation sites (tertiary alicyclic amines) is 1. The monoisotopic (exact) mass is 370 g/mol. The number of hydrogen-bond acceptors (Lipinski definition) is 3. The minimum Gasteiger partial charge on any atom is -0.488 e. The number of hydrogen-bond donors (Lipinski definition) is 0. The fourth-order valence-corrected chi connectivity index (χ4v) is 4.42. The largest absolute Gasteiger partial charge is 0.488 e. The van der Waals surface area contributed by atoms with E-state index in [0.717, 1.165) is 50.0 Å². The lowest BCUT2D eigenvalue weighted by Crippen LogP contribution is -2.45. The Labute approximate surface area is 159 Å². The number of ether oxygens (including phenoxy) is 1. The second-order valence-corrected chi connectivity index (χ2v) is 7.70. The van der Waals surface area contributed by atoms with E-state index >= 15 is 0 Å². The normalized spacial score (nSPS) is 21.7. The molecular formula is C21H23ClN2O2. The van der Waals surface area contributed by atoms with Crippen LogP contribution in [0.1, 0.15) is 37.7 Å². The van der Waals surface area contributed by atoms with E-state index in [1.54, 1.807) is 12.4 Å².